The molecule has 1 unspecified atom stereocenters. The number of hydrogen-bond donors (Lipinski definition) is 1. The fourth-order valence-electron chi connectivity index (χ4n) is 2.09. The lowest BCUT2D eigenvalue weighted by Gasteiger charge is -2.33. The zero-order chi connectivity index (χ0) is 11.5. The number of rotatable bonds is 2. The van der Waals surface area contributed by atoms with Crippen LogP contribution in [0.4, 0.5) is 10.2 Å². The number of hydrogen-bond acceptors (Lipinski definition) is 3. The Morgan fingerprint density at radius 3 is 3.12 bits per heavy atom. The van der Waals surface area contributed by atoms with Crippen molar-refractivity contribution in [1.82, 2.24) is 4.98 Å². The van der Waals surface area contributed by atoms with Crippen LogP contribution in [0.25, 0.3) is 0 Å². The maximum atomic E-state index is 13.6. The summed E-state index contributed by atoms with van der Waals surface area (Å²) in [5, 5.41) is 0.327. The molecule has 1 atom stereocenters. The van der Waals surface area contributed by atoms with Crippen molar-refractivity contribution in [2.24, 2.45) is 11.7 Å². The van der Waals surface area contributed by atoms with Crippen LogP contribution >= 0.6 is 11.6 Å². The van der Waals surface area contributed by atoms with Crippen molar-refractivity contribution < 1.29 is 4.39 Å². The molecule has 0 amide bonds. The molecule has 1 aliphatic rings. The van der Waals surface area contributed by atoms with Gasteiger partial charge in [-0.2, -0.15) is 0 Å². The molecule has 0 aromatic carbocycles. The molecule has 1 saturated heterocycles. The second-order valence-electron chi connectivity index (χ2n) is 4.15. The van der Waals surface area contributed by atoms with E-state index in [0.29, 0.717) is 23.3 Å². The second kappa shape index (κ2) is 4.97. The smallest absolute Gasteiger partial charge is 0.167 e. The maximum absolute atomic E-state index is 13.6. The van der Waals surface area contributed by atoms with Crippen molar-refractivity contribution >= 4 is 17.4 Å². The fraction of sp³-hybridized carbons (Fsp3) is 0.545. The molecule has 88 valence electrons. The van der Waals surface area contributed by atoms with Gasteiger partial charge in [0.05, 0.1) is 5.02 Å². The summed E-state index contributed by atoms with van der Waals surface area (Å²) in [6.07, 6.45) is 3.62. The van der Waals surface area contributed by atoms with E-state index in [1.807, 2.05) is 4.90 Å². The van der Waals surface area contributed by atoms with Gasteiger partial charge in [0.2, 0.25) is 0 Å². The Kier molecular flexibility index (Phi) is 3.61. The predicted molar refractivity (Wildman–Crippen MR) is 63.2 cm³/mol. The van der Waals surface area contributed by atoms with E-state index >= 15 is 0 Å². The highest BCUT2D eigenvalue weighted by atomic mass is 35.5. The number of anilines is 1. The Bertz CT molecular complexity index is 372. The Morgan fingerprint density at radius 1 is 1.62 bits per heavy atom. The van der Waals surface area contributed by atoms with Gasteiger partial charge in [-0.25, -0.2) is 9.37 Å². The van der Waals surface area contributed by atoms with E-state index in [1.165, 1.54) is 12.3 Å². The Hall–Kier alpha value is -0.870. The van der Waals surface area contributed by atoms with Gasteiger partial charge >= 0.3 is 0 Å². The van der Waals surface area contributed by atoms with E-state index in [9.17, 15) is 4.39 Å². The standard InChI is InChI=1S/C11H15ClFN3/c12-9-4-10(13)11(15-6-9)16-3-1-2-8(5-14)7-16/h4,6,8H,1-3,5,7,14H2. The highest BCUT2D eigenvalue weighted by Crippen LogP contribution is 2.24. The van der Waals surface area contributed by atoms with Crippen LogP contribution in [0, 0.1) is 11.7 Å². The minimum atomic E-state index is -0.356. The van der Waals surface area contributed by atoms with Crippen molar-refractivity contribution in [3.63, 3.8) is 0 Å². The first-order chi connectivity index (χ1) is 7.70. The normalized spacial score (nSPS) is 21.2. The molecule has 2 heterocycles. The summed E-state index contributed by atoms with van der Waals surface area (Å²) in [7, 11) is 0. The fourth-order valence-corrected chi connectivity index (χ4v) is 2.23. The van der Waals surface area contributed by atoms with E-state index in [0.717, 1.165) is 25.9 Å². The quantitative estimate of drug-likeness (QED) is 0.865. The van der Waals surface area contributed by atoms with Crippen LogP contribution in [0.5, 0.6) is 0 Å². The van der Waals surface area contributed by atoms with E-state index in [2.05, 4.69) is 4.98 Å². The first-order valence-corrected chi connectivity index (χ1v) is 5.84. The molecule has 1 fully saturated rings. The molecular formula is C11H15ClFN3. The van der Waals surface area contributed by atoms with Crippen LogP contribution in [0.15, 0.2) is 12.3 Å². The van der Waals surface area contributed by atoms with Gasteiger partial charge in [0.25, 0.3) is 0 Å². The third-order valence-corrected chi connectivity index (χ3v) is 3.15. The van der Waals surface area contributed by atoms with Gasteiger partial charge < -0.3 is 10.6 Å². The third kappa shape index (κ3) is 2.44. The van der Waals surface area contributed by atoms with Crippen LogP contribution < -0.4 is 10.6 Å². The molecule has 3 nitrogen and oxygen atoms in total. The van der Waals surface area contributed by atoms with E-state index in [1.54, 1.807) is 0 Å². The molecule has 0 aliphatic carbocycles. The molecule has 1 aliphatic heterocycles. The summed E-state index contributed by atoms with van der Waals surface area (Å²) in [5.74, 6) is 0.471. The van der Waals surface area contributed by atoms with Crippen LogP contribution in [-0.2, 0) is 0 Å². The van der Waals surface area contributed by atoms with Gasteiger partial charge in [-0.3, -0.25) is 0 Å². The molecule has 0 radical (unpaired) electrons. The minimum absolute atomic E-state index is 0.327. The van der Waals surface area contributed by atoms with E-state index in [-0.39, 0.29) is 5.82 Å². The van der Waals surface area contributed by atoms with Crippen molar-refractivity contribution in [1.29, 1.82) is 0 Å². The number of nitrogens with two attached hydrogens (primary N) is 1. The van der Waals surface area contributed by atoms with Gasteiger partial charge in [-0.1, -0.05) is 11.6 Å². The predicted octanol–water partition coefficient (Wildman–Crippen LogP) is 2.05. The average Bonchev–Trinajstić information content (AvgIpc) is 2.29. The number of piperidine rings is 1. The van der Waals surface area contributed by atoms with Gasteiger partial charge in [-0.05, 0) is 31.4 Å². The molecule has 2 N–H and O–H groups in total. The monoisotopic (exact) mass is 243 g/mol. The summed E-state index contributed by atoms with van der Waals surface area (Å²) in [6, 6.07) is 1.30. The summed E-state index contributed by atoms with van der Waals surface area (Å²) in [6.45, 7) is 2.26. The summed E-state index contributed by atoms with van der Waals surface area (Å²) in [5.41, 5.74) is 5.64. The number of aromatic nitrogens is 1. The molecule has 0 bridgehead atoms. The zero-order valence-electron chi connectivity index (χ0n) is 9.00. The molecular weight excluding hydrogens is 229 g/mol. The SMILES string of the molecule is NCC1CCCN(c2ncc(Cl)cc2F)C1. The first kappa shape index (κ1) is 11.6. The number of nitrogens with zero attached hydrogens (tertiary/aromatic N) is 2. The van der Waals surface area contributed by atoms with Gasteiger partial charge in [-0.15, -0.1) is 0 Å². The molecule has 2 rings (SSSR count). The van der Waals surface area contributed by atoms with Crippen LogP contribution in [0.3, 0.4) is 0 Å². The number of halogens is 2. The largest absolute Gasteiger partial charge is 0.354 e. The lowest BCUT2D eigenvalue weighted by Crippen LogP contribution is -2.39. The van der Waals surface area contributed by atoms with Gasteiger partial charge in [0.1, 0.15) is 0 Å². The lowest BCUT2D eigenvalue weighted by molar-refractivity contribution is 0.417. The van der Waals surface area contributed by atoms with Crippen molar-refractivity contribution in [3.05, 3.63) is 23.1 Å². The number of pyridine rings is 1. The van der Waals surface area contributed by atoms with Crippen molar-refractivity contribution in [3.8, 4) is 0 Å². The van der Waals surface area contributed by atoms with Crippen LogP contribution in [-0.4, -0.2) is 24.6 Å². The van der Waals surface area contributed by atoms with Crippen LogP contribution in [0.2, 0.25) is 5.02 Å². The molecule has 16 heavy (non-hydrogen) atoms. The van der Waals surface area contributed by atoms with Gasteiger partial charge in [0, 0.05) is 19.3 Å². The lowest BCUT2D eigenvalue weighted by atomic mass is 9.98. The van der Waals surface area contributed by atoms with E-state index < -0.39 is 0 Å². The molecule has 1 aromatic heterocycles. The molecule has 0 saturated carbocycles. The Balaban J connectivity index is 2.16. The molecule has 1 aromatic rings. The molecule has 0 spiro atoms. The second-order valence-corrected chi connectivity index (χ2v) is 4.59. The third-order valence-electron chi connectivity index (χ3n) is 2.94. The maximum Gasteiger partial charge on any atom is 0.167 e. The zero-order valence-corrected chi connectivity index (χ0v) is 9.75. The summed E-state index contributed by atoms with van der Waals surface area (Å²) < 4.78 is 13.6. The van der Waals surface area contributed by atoms with Crippen molar-refractivity contribution in [2.75, 3.05) is 24.5 Å². The Labute approximate surface area is 99.4 Å². The summed E-state index contributed by atoms with van der Waals surface area (Å²) >= 11 is 5.67. The highest BCUT2D eigenvalue weighted by molar-refractivity contribution is 6.30. The Morgan fingerprint density at radius 2 is 2.44 bits per heavy atom. The molecule has 5 heteroatoms. The summed E-state index contributed by atoms with van der Waals surface area (Å²) in [4.78, 5) is 6.00. The highest BCUT2D eigenvalue weighted by Gasteiger charge is 2.22. The minimum Gasteiger partial charge on any atom is -0.354 e. The van der Waals surface area contributed by atoms with E-state index in [4.69, 9.17) is 17.3 Å². The van der Waals surface area contributed by atoms with Crippen LogP contribution in [0.1, 0.15) is 12.8 Å². The van der Waals surface area contributed by atoms with Gasteiger partial charge in [0.15, 0.2) is 11.6 Å². The average molecular weight is 244 g/mol. The topological polar surface area (TPSA) is 42.1 Å². The first-order valence-electron chi connectivity index (χ1n) is 5.46. The van der Waals surface area contributed by atoms with Crippen molar-refractivity contribution in [2.45, 2.75) is 12.8 Å².